The number of rotatable bonds is 4. The van der Waals surface area contributed by atoms with Crippen molar-refractivity contribution < 1.29 is 9.50 Å². The van der Waals surface area contributed by atoms with Crippen LogP contribution in [0.15, 0.2) is 46.5 Å². The zero-order chi connectivity index (χ0) is 15.7. The van der Waals surface area contributed by atoms with Gasteiger partial charge in [-0.25, -0.2) is 4.39 Å². The molecule has 0 aliphatic rings. The molecule has 3 nitrogen and oxygen atoms in total. The molecule has 0 aliphatic carbocycles. The van der Waals surface area contributed by atoms with Gasteiger partial charge in [-0.3, -0.25) is 4.98 Å². The predicted molar refractivity (Wildman–Crippen MR) is 89.9 cm³/mol. The van der Waals surface area contributed by atoms with E-state index in [2.05, 4.69) is 4.98 Å². The van der Waals surface area contributed by atoms with Crippen LogP contribution in [-0.4, -0.2) is 20.0 Å². The molecule has 0 unspecified atom stereocenters. The zero-order valence-corrected chi connectivity index (χ0v) is 13.4. The molecule has 0 fully saturated rings. The molecule has 0 radical (unpaired) electrons. The Morgan fingerprint density at radius 2 is 2.23 bits per heavy atom. The van der Waals surface area contributed by atoms with Gasteiger partial charge >= 0.3 is 0 Å². The van der Waals surface area contributed by atoms with E-state index in [0.717, 1.165) is 15.8 Å². The van der Waals surface area contributed by atoms with Gasteiger partial charge in [0.25, 0.3) is 0 Å². The minimum atomic E-state index is -0.343. The molecular formula is C16H13FN2OS2. The number of halogens is 1. The Morgan fingerprint density at radius 3 is 2.95 bits per heavy atom. The molecule has 112 valence electrons. The van der Waals surface area contributed by atoms with Crippen LogP contribution in [0.5, 0.6) is 0 Å². The number of nitrogens with zero attached hydrogens (tertiary/aromatic N) is 2. The average molecular weight is 332 g/mol. The molecule has 22 heavy (non-hydrogen) atoms. The highest BCUT2D eigenvalue weighted by Crippen LogP contribution is 2.37. The fourth-order valence-electron chi connectivity index (χ4n) is 2.37. The van der Waals surface area contributed by atoms with E-state index >= 15 is 0 Å². The summed E-state index contributed by atoms with van der Waals surface area (Å²) in [5, 5.41) is 12.0. The fraction of sp³-hybridized carbons (Fsp3) is 0.125. The monoisotopic (exact) mass is 332 g/mol. The molecule has 0 saturated heterocycles. The Hall–Kier alpha value is -1.76. The lowest BCUT2D eigenvalue weighted by atomic mass is 10.1. The van der Waals surface area contributed by atoms with Crippen LogP contribution in [0.4, 0.5) is 4.39 Å². The number of hydrogen-bond donors (Lipinski definition) is 1. The predicted octanol–water partition coefficient (Wildman–Crippen LogP) is 3.70. The van der Waals surface area contributed by atoms with E-state index in [0.29, 0.717) is 16.2 Å². The van der Waals surface area contributed by atoms with Crippen molar-refractivity contribution >= 4 is 40.3 Å². The Balaban J connectivity index is 2.13. The number of aromatic nitrogens is 2. The number of aliphatic hydroxyl groups excluding tert-OH is 1. The first kappa shape index (κ1) is 15.1. The molecule has 0 amide bonds. The second-order valence-electron chi connectivity index (χ2n) is 4.82. The van der Waals surface area contributed by atoms with Crippen LogP contribution >= 0.6 is 24.0 Å². The van der Waals surface area contributed by atoms with Gasteiger partial charge in [0, 0.05) is 40.7 Å². The molecule has 2 heterocycles. The minimum Gasteiger partial charge on any atom is -0.392 e. The van der Waals surface area contributed by atoms with E-state index in [1.165, 1.54) is 23.2 Å². The lowest BCUT2D eigenvalue weighted by Crippen LogP contribution is -1.96. The Kier molecular flexibility index (Phi) is 4.24. The van der Waals surface area contributed by atoms with Crippen molar-refractivity contribution in [2.24, 2.45) is 7.05 Å². The van der Waals surface area contributed by atoms with Crippen molar-refractivity contribution in [2.45, 2.75) is 16.4 Å². The van der Waals surface area contributed by atoms with Crippen molar-refractivity contribution in [1.82, 2.24) is 9.55 Å². The van der Waals surface area contributed by atoms with Crippen molar-refractivity contribution in [2.75, 3.05) is 0 Å². The van der Waals surface area contributed by atoms with Crippen LogP contribution in [0.1, 0.15) is 11.3 Å². The molecule has 3 rings (SSSR count). The summed E-state index contributed by atoms with van der Waals surface area (Å²) in [5.74, 6) is -0.343. The lowest BCUT2D eigenvalue weighted by molar-refractivity contribution is 0.279. The largest absolute Gasteiger partial charge is 0.392 e. The number of thiocarbonyl (C=S) groups is 1. The second kappa shape index (κ2) is 6.16. The maximum Gasteiger partial charge on any atom is 0.139 e. The van der Waals surface area contributed by atoms with Gasteiger partial charge in [0.1, 0.15) is 5.82 Å². The van der Waals surface area contributed by atoms with E-state index < -0.39 is 0 Å². The second-order valence-corrected chi connectivity index (χ2v) is 6.14. The van der Waals surface area contributed by atoms with Gasteiger partial charge in [0.05, 0.1) is 22.7 Å². The summed E-state index contributed by atoms with van der Waals surface area (Å²) < 4.78 is 16.3. The first-order valence-electron chi connectivity index (χ1n) is 6.60. The highest BCUT2D eigenvalue weighted by atomic mass is 32.2. The smallest absolute Gasteiger partial charge is 0.139 e. The molecule has 0 spiro atoms. The molecule has 3 aromatic rings. The summed E-state index contributed by atoms with van der Waals surface area (Å²) in [7, 11) is 1.85. The Labute approximate surface area is 136 Å². The van der Waals surface area contributed by atoms with Crippen LogP contribution in [-0.2, 0) is 13.7 Å². The van der Waals surface area contributed by atoms with E-state index in [4.69, 9.17) is 12.2 Å². The summed E-state index contributed by atoms with van der Waals surface area (Å²) in [5.41, 5.74) is 2.02. The first-order valence-corrected chi connectivity index (χ1v) is 7.89. The average Bonchev–Trinajstić information content (AvgIpc) is 2.89. The molecule has 0 bridgehead atoms. The molecule has 1 aromatic carbocycles. The van der Waals surface area contributed by atoms with Gasteiger partial charge in [-0.1, -0.05) is 24.0 Å². The molecule has 2 aromatic heterocycles. The summed E-state index contributed by atoms with van der Waals surface area (Å²) in [6, 6.07) is 6.98. The Morgan fingerprint density at radius 1 is 1.41 bits per heavy atom. The van der Waals surface area contributed by atoms with Crippen LogP contribution in [0, 0.1) is 5.82 Å². The molecule has 0 aliphatic heterocycles. The van der Waals surface area contributed by atoms with Crippen LogP contribution in [0.3, 0.4) is 0 Å². The van der Waals surface area contributed by atoms with Crippen LogP contribution in [0.2, 0.25) is 0 Å². The number of pyridine rings is 1. The van der Waals surface area contributed by atoms with Crippen molar-refractivity contribution in [3.05, 3.63) is 53.7 Å². The molecule has 6 heteroatoms. The van der Waals surface area contributed by atoms with E-state index in [9.17, 15) is 9.50 Å². The third-order valence-corrected chi connectivity index (χ3v) is 4.83. The summed E-state index contributed by atoms with van der Waals surface area (Å²) in [4.78, 5) is 5.36. The molecule has 0 saturated carbocycles. The lowest BCUT2D eigenvalue weighted by Gasteiger charge is -2.11. The third kappa shape index (κ3) is 2.65. The van der Waals surface area contributed by atoms with Gasteiger partial charge < -0.3 is 9.67 Å². The highest BCUT2D eigenvalue weighted by Gasteiger charge is 2.16. The Bertz CT molecular complexity index is 861. The van der Waals surface area contributed by atoms with Crippen LogP contribution < -0.4 is 0 Å². The standard InChI is InChI=1S/C16H13FN2OS2/c1-19-5-3-12-13(8-20)16(14(17)7-15(12)19)22-11-2-4-18-10(6-11)9-21/h2-7,9,20H,8H2,1H3. The van der Waals surface area contributed by atoms with Crippen molar-refractivity contribution in [3.63, 3.8) is 0 Å². The maximum absolute atomic E-state index is 14.5. The highest BCUT2D eigenvalue weighted by molar-refractivity contribution is 7.99. The SMILES string of the molecule is Cn1ccc2c(CO)c(Sc3ccnc(C=S)c3)c(F)cc21. The van der Waals surface area contributed by atoms with Gasteiger partial charge in [-0.15, -0.1) is 0 Å². The van der Waals surface area contributed by atoms with E-state index in [1.807, 2.05) is 23.9 Å². The number of aryl methyl sites for hydroxylation is 1. The summed E-state index contributed by atoms with van der Waals surface area (Å²) in [6.07, 6.45) is 3.49. The first-order chi connectivity index (χ1) is 10.6. The number of hydrogen-bond acceptors (Lipinski definition) is 4. The topological polar surface area (TPSA) is 38.0 Å². The molecule has 0 atom stereocenters. The minimum absolute atomic E-state index is 0.217. The maximum atomic E-state index is 14.5. The van der Waals surface area contributed by atoms with E-state index in [1.54, 1.807) is 18.3 Å². The number of fused-ring (bicyclic) bond motifs is 1. The van der Waals surface area contributed by atoms with Gasteiger partial charge in [0.15, 0.2) is 0 Å². The fourth-order valence-corrected chi connectivity index (χ4v) is 3.50. The third-order valence-electron chi connectivity index (χ3n) is 3.45. The van der Waals surface area contributed by atoms with Crippen molar-refractivity contribution in [1.29, 1.82) is 0 Å². The van der Waals surface area contributed by atoms with Gasteiger partial charge in [0.2, 0.25) is 0 Å². The molecular weight excluding hydrogens is 319 g/mol. The quantitative estimate of drug-likeness (QED) is 0.739. The van der Waals surface area contributed by atoms with Crippen LogP contribution in [0.25, 0.3) is 10.9 Å². The van der Waals surface area contributed by atoms with Gasteiger partial charge in [-0.2, -0.15) is 0 Å². The van der Waals surface area contributed by atoms with Gasteiger partial charge in [-0.05, 0) is 24.3 Å². The normalized spacial score (nSPS) is 11.0. The summed E-state index contributed by atoms with van der Waals surface area (Å²) in [6.45, 7) is -0.217. The summed E-state index contributed by atoms with van der Waals surface area (Å²) >= 11 is 6.14. The molecule has 1 N–H and O–H groups in total. The van der Waals surface area contributed by atoms with Crippen molar-refractivity contribution in [3.8, 4) is 0 Å². The number of aliphatic hydroxyl groups is 1. The zero-order valence-electron chi connectivity index (χ0n) is 11.8. The number of benzene rings is 1. The van der Waals surface area contributed by atoms with E-state index in [-0.39, 0.29) is 12.4 Å².